The van der Waals surface area contributed by atoms with Crippen LogP contribution in [0.4, 0.5) is 0 Å². The second kappa shape index (κ2) is 5.53. The second-order valence-corrected chi connectivity index (χ2v) is 2.14. The first-order valence-corrected chi connectivity index (χ1v) is 3.54. The van der Waals surface area contributed by atoms with Crippen molar-refractivity contribution in [1.29, 1.82) is 0 Å². The summed E-state index contributed by atoms with van der Waals surface area (Å²) in [6.45, 7) is 2.05. The van der Waals surface area contributed by atoms with Crippen LogP contribution in [0, 0.1) is 0 Å². The number of aliphatic carboxylic acids is 1. The van der Waals surface area contributed by atoms with E-state index in [1.165, 1.54) is 6.08 Å². The van der Waals surface area contributed by atoms with Crippen LogP contribution in [0.3, 0.4) is 0 Å². The molecule has 0 aromatic rings. The van der Waals surface area contributed by atoms with Gasteiger partial charge < -0.3 is 10.8 Å². The molecule has 0 aliphatic heterocycles. The molecule has 0 bridgehead atoms. The first-order valence-electron chi connectivity index (χ1n) is 3.54. The molecule has 0 amide bonds. The van der Waals surface area contributed by atoms with E-state index in [2.05, 4.69) is 6.92 Å². The Hall–Kier alpha value is -1.25. The number of carboxylic acids is 1. The van der Waals surface area contributed by atoms with Crippen molar-refractivity contribution < 1.29 is 9.90 Å². The Morgan fingerprint density at radius 1 is 1.64 bits per heavy atom. The van der Waals surface area contributed by atoms with Crippen molar-refractivity contribution in [3.05, 3.63) is 23.9 Å². The molecule has 62 valence electrons. The van der Waals surface area contributed by atoms with Crippen LogP contribution < -0.4 is 5.73 Å². The van der Waals surface area contributed by atoms with E-state index < -0.39 is 5.97 Å². The van der Waals surface area contributed by atoms with Crippen molar-refractivity contribution in [3.63, 3.8) is 0 Å². The van der Waals surface area contributed by atoms with Gasteiger partial charge >= 0.3 is 5.97 Å². The molecular formula is C8H13NO2. The summed E-state index contributed by atoms with van der Waals surface area (Å²) in [5.41, 5.74) is 4.98. The van der Waals surface area contributed by atoms with Gasteiger partial charge in [0.15, 0.2) is 0 Å². The molecule has 3 nitrogen and oxygen atoms in total. The third kappa shape index (κ3) is 5.21. The third-order valence-electron chi connectivity index (χ3n) is 1.11. The molecule has 0 aromatic heterocycles. The lowest BCUT2D eigenvalue weighted by atomic mass is 10.3. The van der Waals surface area contributed by atoms with Crippen LogP contribution in [0.1, 0.15) is 19.8 Å². The van der Waals surface area contributed by atoms with Crippen molar-refractivity contribution >= 4 is 5.97 Å². The SMILES string of the molecule is CCCC=CC=C(N)C(=O)O. The maximum atomic E-state index is 10.1. The third-order valence-corrected chi connectivity index (χ3v) is 1.11. The molecule has 0 aliphatic carbocycles. The zero-order valence-electron chi connectivity index (χ0n) is 6.58. The summed E-state index contributed by atoms with van der Waals surface area (Å²) >= 11 is 0. The Morgan fingerprint density at radius 2 is 2.27 bits per heavy atom. The second-order valence-electron chi connectivity index (χ2n) is 2.14. The number of hydrogen-bond donors (Lipinski definition) is 2. The van der Waals surface area contributed by atoms with Crippen LogP contribution in [-0.2, 0) is 4.79 Å². The van der Waals surface area contributed by atoms with Gasteiger partial charge in [-0.2, -0.15) is 0 Å². The van der Waals surface area contributed by atoms with E-state index in [0.29, 0.717) is 0 Å². The van der Waals surface area contributed by atoms with Crippen LogP contribution in [0.25, 0.3) is 0 Å². The molecule has 3 N–H and O–H groups in total. The molecule has 0 saturated carbocycles. The van der Waals surface area contributed by atoms with E-state index >= 15 is 0 Å². The molecule has 0 spiro atoms. The molecule has 0 rings (SSSR count). The van der Waals surface area contributed by atoms with Gasteiger partial charge in [-0.15, -0.1) is 0 Å². The highest BCUT2D eigenvalue weighted by molar-refractivity contribution is 5.85. The average molecular weight is 155 g/mol. The molecule has 0 atom stereocenters. The smallest absolute Gasteiger partial charge is 0.351 e. The van der Waals surface area contributed by atoms with Crippen molar-refractivity contribution in [3.8, 4) is 0 Å². The van der Waals surface area contributed by atoms with E-state index in [1.807, 2.05) is 6.08 Å². The van der Waals surface area contributed by atoms with Gasteiger partial charge in [0.1, 0.15) is 5.70 Å². The minimum absolute atomic E-state index is 0.127. The van der Waals surface area contributed by atoms with Gasteiger partial charge in [0.05, 0.1) is 0 Å². The topological polar surface area (TPSA) is 63.3 Å². The highest BCUT2D eigenvalue weighted by Gasteiger charge is 1.96. The molecule has 0 unspecified atom stereocenters. The van der Waals surface area contributed by atoms with E-state index in [0.717, 1.165) is 12.8 Å². The van der Waals surface area contributed by atoms with Gasteiger partial charge in [0.25, 0.3) is 0 Å². The number of rotatable bonds is 4. The Kier molecular flexibility index (Phi) is 4.90. The van der Waals surface area contributed by atoms with Crippen molar-refractivity contribution in [2.75, 3.05) is 0 Å². The lowest BCUT2D eigenvalue weighted by Gasteiger charge is -1.87. The molecule has 0 aliphatic rings. The number of carbonyl (C=O) groups is 1. The Balaban J connectivity index is 3.81. The summed E-state index contributed by atoms with van der Waals surface area (Å²) < 4.78 is 0. The lowest BCUT2D eigenvalue weighted by Crippen LogP contribution is -2.08. The molecule has 0 aromatic carbocycles. The summed E-state index contributed by atoms with van der Waals surface area (Å²) in [5.74, 6) is -1.08. The first-order chi connectivity index (χ1) is 5.18. The van der Waals surface area contributed by atoms with Crippen molar-refractivity contribution in [2.24, 2.45) is 5.73 Å². The number of carboxylic acid groups (broad SMARTS) is 1. The normalized spacial score (nSPS) is 12.3. The number of nitrogens with two attached hydrogens (primary N) is 1. The minimum Gasteiger partial charge on any atom is -0.477 e. The molecule has 0 heterocycles. The van der Waals surface area contributed by atoms with Crippen molar-refractivity contribution in [2.45, 2.75) is 19.8 Å². The number of unbranched alkanes of at least 4 members (excludes halogenated alkanes) is 1. The summed E-state index contributed by atoms with van der Waals surface area (Å²) in [4.78, 5) is 10.1. The zero-order valence-corrected chi connectivity index (χ0v) is 6.58. The van der Waals surface area contributed by atoms with Gasteiger partial charge in [-0.05, 0) is 12.5 Å². The van der Waals surface area contributed by atoms with E-state index in [-0.39, 0.29) is 5.70 Å². The summed E-state index contributed by atoms with van der Waals surface area (Å²) in [6, 6.07) is 0. The van der Waals surface area contributed by atoms with Crippen LogP contribution in [0.5, 0.6) is 0 Å². The summed E-state index contributed by atoms with van der Waals surface area (Å²) in [6.07, 6.45) is 6.93. The molecular weight excluding hydrogens is 142 g/mol. The predicted octanol–water partition coefficient (Wildman–Crippen LogP) is 1.27. The molecule has 3 heteroatoms. The van der Waals surface area contributed by atoms with Gasteiger partial charge in [-0.3, -0.25) is 0 Å². The standard InChI is InChI=1S/C8H13NO2/c1-2-3-4-5-6-7(9)8(10)11/h4-6H,2-3,9H2,1H3,(H,10,11). The molecule has 0 radical (unpaired) electrons. The quantitative estimate of drug-likeness (QED) is 0.474. The summed E-state index contributed by atoms with van der Waals surface area (Å²) in [7, 11) is 0. The lowest BCUT2D eigenvalue weighted by molar-refractivity contribution is -0.132. The van der Waals surface area contributed by atoms with Crippen molar-refractivity contribution in [1.82, 2.24) is 0 Å². The van der Waals surface area contributed by atoms with E-state index in [4.69, 9.17) is 10.8 Å². The fraction of sp³-hybridized carbons (Fsp3) is 0.375. The minimum atomic E-state index is -1.08. The fourth-order valence-corrected chi connectivity index (χ4v) is 0.506. The molecule has 0 fully saturated rings. The molecule has 0 saturated heterocycles. The first kappa shape index (κ1) is 9.75. The predicted molar refractivity (Wildman–Crippen MR) is 44.0 cm³/mol. The number of allylic oxidation sites excluding steroid dienone is 3. The maximum absolute atomic E-state index is 10.1. The van der Waals surface area contributed by atoms with Gasteiger partial charge in [-0.1, -0.05) is 25.5 Å². The zero-order chi connectivity index (χ0) is 8.69. The van der Waals surface area contributed by atoms with Gasteiger partial charge in [-0.25, -0.2) is 4.79 Å². The highest BCUT2D eigenvalue weighted by Crippen LogP contribution is 1.90. The maximum Gasteiger partial charge on any atom is 0.351 e. The van der Waals surface area contributed by atoms with E-state index in [1.54, 1.807) is 6.08 Å². The monoisotopic (exact) mass is 155 g/mol. The summed E-state index contributed by atoms with van der Waals surface area (Å²) in [5, 5.41) is 8.31. The van der Waals surface area contributed by atoms with E-state index in [9.17, 15) is 4.79 Å². The fourth-order valence-electron chi connectivity index (χ4n) is 0.506. The van der Waals surface area contributed by atoms with Crippen LogP contribution >= 0.6 is 0 Å². The van der Waals surface area contributed by atoms with Crippen LogP contribution in [-0.4, -0.2) is 11.1 Å². The van der Waals surface area contributed by atoms with Crippen LogP contribution in [0.2, 0.25) is 0 Å². The Morgan fingerprint density at radius 3 is 2.73 bits per heavy atom. The average Bonchev–Trinajstić information content (AvgIpc) is 1.97. The van der Waals surface area contributed by atoms with Gasteiger partial charge in [0.2, 0.25) is 0 Å². The Labute approximate surface area is 66.2 Å². The Bertz CT molecular complexity index is 183. The molecule has 11 heavy (non-hydrogen) atoms. The van der Waals surface area contributed by atoms with Gasteiger partial charge in [0, 0.05) is 0 Å². The number of hydrogen-bond acceptors (Lipinski definition) is 2. The largest absolute Gasteiger partial charge is 0.477 e. The van der Waals surface area contributed by atoms with Crippen LogP contribution in [0.15, 0.2) is 23.9 Å². The highest BCUT2D eigenvalue weighted by atomic mass is 16.4.